The molecule has 55 heavy (non-hydrogen) atoms. The summed E-state index contributed by atoms with van der Waals surface area (Å²) in [4.78, 5) is 10.5. The number of imidazole rings is 1. The molecule has 0 unspecified atom stereocenters. The van der Waals surface area contributed by atoms with Gasteiger partial charge in [-0.15, -0.1) is 11.3 Å². The van der Waals surface area contributed by atoms with E-state index in [0.717, 1.165) is 56.1 Å². The van der Waals surface area contributed by atoms with Gasteiger partial charge in [0.25, 0.3) is 0 Å². The first-order valence-corrected chi connectivity index (χ1v) is 20.3. The molecule has 5 aromatic carbocycles. The number of fused-ring (bicyclic) bond motifs is 4. The highest BCUT2D eigenvalue weighted by Crippen LogP contribution is 2.47. The number of hydrogen-bond acceptors (Lipinski definition) is 4. The predicted molar refractivity (Wildman–Crippen MR) is 235 cm³/mol. The molecule has 8 rings (SSSR count). The van der Waals surface area contributed by atoms with Crippen LogP contribution in [0, 0.1) is 0 Å². The maximum Gasteiger partial charge on any atom is 0.149 e. The van der Waals surface area contributed by atoms with Crippen molar-refractivity contribution in [2.75, 3.05) is 0 Å². The Labute approximate surface area is 329 Å². The van der Waals surface area contributed by atoms with Gasteiger partial charge in [-0.05, 0) is 87.4 Å². The van der Waals surface area contributed by atoms with E-state index in [9.17, 15) is 5.11 Å². The Morgan fingerprint density at radius 3 is 2.00 bits per heavy atom. The van der Waals surface area contributed by atoms with Crippen molar-refractivity contribution in [3.63, 3.8) is 0 Å². The average Bonchev–Trinajstić information content (AvgIpc) is 3.72. The van der Waals surface area contributed by atoms with Crippen LogP contribution in [0.15, 0.2) is 109 Å². The molecule has 0 aliphatic heterocycles. The van der Waals surface area contributed by atoms with Gasteiger partial charge in [-0.1, -0.05) is 130 Å². The fraction of sp³-hybridized carbons (Fsp3) is 0.280. The average molecular weight is 742 g/mol. The number of hydrogen-bond donors (Lipinski definition) is 1. The number of phenolic OH excluding ortho intramolecular Hbond substituents is 1. The van der Waals surface area contributed by atoms with E-state index in [-0.39, 0.29) is 28.4 Å². The van der Waals surface area contributed by atoms with Crippen LogP contribution in [0.25, 0.3) is 70.7 Å². The van der Waals surface area contributed by atoms with E-state index in [1.807, 2.05) is 23.6 Å². The normalized spacial score (nSPS) is 12.6. The molecular formula is C50H51N3OS. The summed E-state index contributed by atoms with van der Waals surface area (Å²) in [5.74, 6) is 1.56. The molecule has 0 atom stereocenters. The van der Waals surface area contributed by atoms with Crippen molar-refractivity contribution in [1.29, 1.82) is 0 Å². The molecule has 278 valence electrons. The van der Waals surface area contributed by atoms with Crippen LogP contribution < -0.4 is 0 Å². The van der Waals surface area contributed by atoms with Crippen molar-refractivity contribution >= 4 is 42.5 Å². The fourth-order valence-electron chi connectivity index (χ4n) is 8.05. The lowest BCUT2D eigenvalue weighted by Gasteiger charge is -2.28. The summed E-state index contributed by atoms with van der Waals surface area (Å²) in [6.07, 6.45) is 1.87. The molecule has 0 fully saturated rings. The van der Waals surface area contributed by atoms with Crippen LogP contribution >= 0.6 is 11.3 Å². The molecule has 5 heteroatoms. The monoisotopic (exact) mass is 741 g/mol. The minimum Gasteiger partial charge on any atom is -0.507 e. The molecule has 0 aliphatic carbocycles. The van der Waals surface area contributed by atoms with E-state index >= 15 is 0 Å². The Kier molecular flexibility index (Phi) is 9.00. The second-order valence-corrected chi connectivity index (χ2v) is 18.8. The van der Waals surface area contributed by atoms with Gasteiger partial charge >= 0.3 is 0 Å². The molecule has 4 nitrogen and oxygen atoms in total. The van der Waals surface area contributed by atoms with E-state index in [4.69, 9.17) is 9.97 Å². The Bertz CT molecular complexity index is 2710. The third-order valence-electron chi connectivity index (χ3n) is 11.0. The molecule has 0 saturated heterocycles. The molecule has 0 radical (unpaired) electrons. The van der Waals surface area contributed by atoms with Crippen molar-refractivity contribution in [3.8, 4) is 45.2 Å². The number of para-hydroxylation sites is 2. The number of phenols is 1. The van der Waals surface area contributed by atoms with E-state index in [2.05, 4.69) is 171 Å². The molecule has 0 spiro atoms. The number of thiophene rings is 1. The fourth-order valence-corrected chi connectivity index (χ4v) is 9.22. The summed E-state index contributed by atoms with van der Waals surface area (Å²) in [7, 11) is 0. The largest absolute Gasteiger partial charge is 0.507 e. The molecule has 3 aromatic heterocycles. The smallest absolute Gasteiger partial charge is 0.149 e. The van der Waals surface area contributed by atoms with Crippen LogP contribution in [0.5, 0.6) is 5.75 Å². The highest BCUT2D eigenvalue weighted by atomic mass is 32.1. The Balaban J connectivity index is 1.52. The topological polar surface area (TPSA) is 50.9 Å². The van der Waals surface area contributed by atoms with Crippen molar-refractivity contribution in [2.45, 2.75) is 91.9 Å². The van der Waals surface area contributed by atoms with Gasteiger partial charge in [0.15, 0.2) is 0 Å². The predicted octanol–water partition coefficient (Wildman–Crippen LogP) is 14.3. The molecule has 0 saturated carbocycles. The lowest BCUT2D eigenvalue weighted by atomic mass is 9.79. The van der Waals surface area contributed by atoms with Crippen LogP contribution in [0.2, 0.25) is 0 Å². The molecule has 0 bridgehead atoms. The third kappa shape index (κ3) is 6.33. The first kappa shape index (κ1) is 36.7. The second kappa shape index (κ2) is 13.5. The van der Waals surface area contributed by atoms with Crippen molar-refractivity contribution < 1.29 is 5.11 Å². The minimum atomic E-state index is -0.289. The number of nitrogens with zero attached hydrogens (tertiary/aromatic N) is 3. The van der Waals surface area contributed by atoms with Crippen molar-refractivity contribution in [3.05, 3.63) is 132 Å². The quantitative estimate of drug-likeness (QED) is 0.185. The van der Waals surface area contributed by atoms with Crippen LogP contribution in [-0.2, 0) is 10.8 Å². The molecule has 0 amide bonds. The van der Waals surface area contributed by atoms with Crippen molar-refractivity contribution in [1.82, 2.24) is 14.5 Å². The lowest BCUT2D eigenvalue weighted by molar-refractivity contribution is 0.446. The van der Waals surface area contributed by atoms with Gasteiger partial charge in [-0.3, -0.25) is 9.55 Å². The Morgan fingerprint density at radius 2 is 1.35 bits per heavy atom. The number of benzene rings is 5. The first-order valence-electron chi connectivity index (χ1n) is 19.5. The van der Waals surface area contributed by atoms with Gasteiger partial charge in [0.2, 0.25) is 0 Å². The highest BCUT2D eigenvalue weighted by molar-refractivity contribution is 7.26. The third-order valence-corrected chi connectivity index (χ3v) is 12.1. The van der Waals surface area contributed by atoms with Crippen LogP contribution in [0.3, 0.4) is 0 Å². The van der Waals surface area contributed by atoms with E-state index in [1.165, 1.54) is 36.9 Å². The second-order valence-electron chi connectivity index (χ2n) is 17.7. The van der Waals surface area contributed by atoms with Gasteiger partial charge in [0.05, 0.1) is 28.0 Å². The molecule has 3 heterocycles. The number of pyridine rings is 1. The SMILES string of the molecule is CC(C)c1cccc(C(C)C)c1-n1c(-c2cc(C(C)(C)C)cc(C(C)(C)C)c2O)nc2c(-c3cc(-c4ccccn4)c4c(c3)sc3ccccc34)cccc21. The summed E-state index contributed by atoms with van der Waals surface area (Å²) >= 11 is 1.82. The lowest BCUT2D eigenvalue weighted by Crippen LogP contribution is -2.17. The zero-order valence-corrected chi connectivity index (χ0v) is 34.6. The summed E-state index contributed by atoms with van der Waals surface area (Å²) in [6.45, 7) is 22.3. The van der Waals surface area contributed by atoms with Gasteiger partial charge in [0, 0.05) is 43.1 Å². The maximum atomic E-state index is 12.4. The van der Waals surface area contributed by atoms with Crippen LogP contribution in [0.4, 0.5) is 0 Å². The number of aromatic hydroxyl groups is 1. The number of rotatable bonds is 6. The Morgan fingerprint density at radius 1 is 0.655 bits per heavy atom. The minimum absolute atomic E-state index is 0.148. The maximum absolute atomic E-state index is 12.4. The van der Waals surface area contributed by atoms with Crippen LogP contribution in [-0.4, -0.2) is 19.6 Å². The van der Waals surface area contributed by atoms with E-state index < -0.39 is 0 Å². The summed E-state index contributed by atoms with van der Waals surface area (Å²) < 4.78 is 4.83. The summed E-state index contributed by atoms with van der Waals surface area (Å²) in [5, 5.41) is 14.9. The summed E-state index contributed by atoms with van der Waals surface area (Å²) in [6, 6.07) is 37.1. The van der Waals surface area contributed by atoms with Crippen molar-refractivity contribution in [2.24, 2.45) is 0 Å². The Hall–Kier alpha value is -5.26. The van der Waals surface area contributed by atoms with Gasteiger partial charge in [-0.25, -0.2) is 4.98 Å². The first-order chi connectivity index (χ1) is 26.1. The molecule has 8 aromatic rings. The molecular weight excluding hydrogens is 691 g/mol. The van der Waals surface area contributed by atoms with Crippen LogP contribution in [0.1, 0.15) is 103 Å². The van der Waals surface area contributed by atoms with E-state index in [1.54, 1.807) is 0 Å². The molecule has 1 N–H and O–H groups in total. The zero-order chi connectivity index (χ0) is 39.0. The van der Waals surface area contributed by atoms with E-state index in [0.29, 0.717) is 0 Å². The molecule has 0 aliphatic rings. The zero-order valence-electron chi connectivity index (χ0n) is 33.7. The standard InChI is InChI=1S/C50H51N3OS/c1-29(2)33-18-15-19-34(30(3)4)46(33)53-41-22-16-20-35(45(41)52-48(53)38-27-32(49(5,6)7)28-39(47(38)54)50(8,9)10)31-25-37(40-21-13-14-24-51-40)44-36-17-11-12-23-42(36)55-43(44)26-31/h11-30,54H,1-10H3. The summed E-state index contributed by atoms with van der Waals surface area (Å²) in [5.41, 5.74) is 12.2. The van der Waals surface area contributed by atoms with Gasteiger partial charge in [-0.2, -0.15) is 0 Å². The number of aromatic nitrogens is 3. The highest BCUT2D eigenvalue weighted by Gasteiger charge is 2.30. The van der Waals surface area contributed by atoms with Gasteiger partial charge < -0.3 is 5.11 Å². The van der Waals surface area contributed by atoms with Gasteiger partial charge in [0.1, 0.15) is 11.6 Å².